The third kappa shape index (κ3) is 3.72. The minimum absolute atomic E-state index is 0.269. The first kappa shape index (κ1) is 13.4. The van der Waals surface area contributed by atoms with Gasteiger partial charge in [0.15, 0.2) is 11.6 Å². The molecule has 0 saturated heterocycles. The summed E-state index contributed by atoms with van der Waals surface area (Å²) in [5, 5.41) is 0. The van der Waals surface area contributed by atoms with Gasteiger partial charge in [-0.2, -0.15) is 0 Å². The van der Waals surface area contributed by atoms with Crippen LogP contribution < -0.4 is 4.74 Å². The molecule has 0 atom stereocenters. The minimum Gasteiger partial charge on any atom is -0.494 e. The van der Waals surface area contributed by atoms with Gasteiger partial charge < -0.3 is 4.74 Å². The van der Waals surface area contributed by atoms with Crippen molar-refractivity contribution in [3.05, 3.63) is 53.9 Å². The summed E-state index contributed by atoms with van der Waals surface area (Å²) in [7, 11) is 3.44. The van der Waals surface area contributed by atoms with Gasteiger partial charge in [-0.05, 0) is 24.7 Å². The van der Waals surface area contributed by atoms with Crippen molar-refractivity contribution in [3.8, 4) is 5.75 Å². The number of hydrogen-bond donors (Lipinski definition) is 0. The van der Waals surface area contributed by atoms with Gasteiger partial charge in [0.2, 0.25) is 0 Å². The molecule has 0 unspecified atom stereocenters. The van der Waals surface area contributed by atoms with Gasteiger partial charge in [-0.25, -0.2) is 4.39 Å². The van der Waals surface area contributed by atoms with E-state index in [0.717, 1.165) is 11.3 Å². The highest BCUT2D eigenvalue weighted by Crippen LogP contribution is 2.19. The number of halogens is 1. The van der Waals surface area contributed by atoms with Crippen LogP contribution >= 0.6 is 0 Å². The maximum absolute atomic E-state index is 13.3. The molecule has 1 aromatic heterocycles. The number of nitrogens with zero attached hydrogens (tertiary/aromatic N) is 3. The third-order valence-corrected chi connectivity index (χ3v) is 2.72. The first-order valence-corrected chi connectivity index (χ1v) is 5.95. The zero-order chi connectivity index (χ0) is 13.7. The zero-order valence-corrected chi connectivity index (χ0v) is 11.0. The first-order chi connectivity index (χ1) is 9.19. The van der Waals surface area contributed by atoms with Crippen LogP contribution in [-0.4, -0.2) is 29.0 Å². The number of benzene rings is 1. The Morgan fingerprint density at radius 1 is 1.26 bits per heavy atom. The number of methoxy groups -OCH3 is 1. The molecule has 19 heavy (non-hydrogen) atoms. The molecule has 4 nitrogen and oxygen atoms in total. The predicted octanol–water partition coefficient (Wildman–Crippen LogP) is 2.26. The van der Waals surface area contributed by atoms with Crippen molar-refractivity contribution in [2.45, 2.75) is 13.1 Å². The summed E-state index contributed by atoms with van der Waals surface area (Å²) < 4.78 is 18.3. The number of ether oxygens (including phenoxy) is 1. The highest BCUT2D eigenvalue weighted by Gasteiger charge is 2.07. The summed E-state index contributed by atoms with van der Waals surface area (Å²) in [5.41, 5.74) is 1.89. The van der Waals surface area contributed by atoms with Gasteiger partial charge in [-0.15, -0.1) is 0 Å². The Labute approximate surface area is 111 Å². The Kier molecular flexibility index (Phi) is 4.41. The second kappa shape index (κ2) is 6.24. The quantitative estimate of drug-likeness (QED) is 0.827. The molecule has 0 fully saturated rings. The number of rotatable bonds is 5. The standard InChI is InChI=1S/C14H16FN3O/c1-18(10-12-8-16-5-6-17-12)9-11-3-4-13(15)14(7-11)19-2/h3-8H,9-10H2,1-2H3. The average Bonchev–Trinajstić information content (AvgIpc) is 2.42. The summed E-state index contributed by atoms with van der Waals surface area (Å²) in [5.74, 6) is -0.0757. The molecule has 5 heteroatoms. The number of aromatic nitrogens is 2. The van der Waals surface area contributed by atoms with Gasteiger partial charge in [0.1, 0.15) is 0 Å². The molecule has 0 saturated carbocycles. The number of hydrogen-bond acceptors (Lipinski definition) is 4. The lowest BCUT2D eigenvalue weighted by molar-refractivity contribution is 0.313. The minimum atomic E-state index is -0.345. The Morgan fingerprint density at radius 2 is 2.11 bits per heavy atom. The molecule has 0 spiro atoms. The predicted molar refractivity (Wildman–Crippen MR) is 70.2 cm³/mol. The van der Waals surface area contributed by atoms with Crippen LogP contribution in [0.4, 0.5) is 4.39 Å². The van der Waals surface area contributed by atoms with Crippen molar-refractivity contribution < 1.29 is 9.13 Å². The van der Waals surface area contributed by atoms with E-state index < -0.39 is 0 Å². The SMILES string of the molecule is COc1cc(CN(C)Cc2cnccn2)ccc1F. The molecular weight excluding hydrogens is 245 g/mol. The van der Waals surface area contributed by atoms with Crippen LogP contribution in [0.2, 0.25) is 0 Å². The van der Waals surface area contributed by atoms with Crippen LogP contribution in [0.3, 0.4) is 0 Å². The van der Waals surface area contributed by atoms with E-state index in [1.807, 2.05) is 7.05 Å². The topological polar surface area (TPSA) is 38.2 Å². The smallest absolute Gasteiger partial charge is 0.165 e. The molecule has 2 aromatic rings. The molecular formula is C14H16FN3O. The molecule has 100 valence electrons. The van der Waals surface area contributed by atoms with E-state index in [2.05, 4.69) is 14.9 Å². The summed E-state index contributed by atoms with van der Waals surface area (Å²) >= 11 is 0. The summed E-state index contributed by atoms with van der Waals surface area (Å²) in [4.78, 5) is 10.3. The van der Waals surface area contributed by atoms with Crippen molar-refractivity contribution in [1.29, 1.82) is 0 Å². The fourth-order valence-corrected chi connectivity index (χ4v) is 1.86. The van der Waals surface area contributed by atoms with Gasteiger partial charge in [0, 0.05) is 31.7 Å². The van der Waals surface area contributed by atoms with Gasteiger partial charge in [0.05, 0.1) is 12.8 Å². The van der Waals surface area contributed by atoms with Crippen molar-refractivity contribution in [2.75, 3.05) is 14.2 Å². The Bertz CT molecular complexity index is 533. The van der Waals surface area contributed by atoms with Crippen molar-refractivity contribution in [3.63, 3.8) is 0 Å². The monoisotopic (exact) mass is 261 g/mol. The second-order valence-electron chi connectivity index (χ2n) is 4.34. The third-order valence-electron chi connectivity index (χ3n) is 2.72. The molecule has 1 aromatic carbocycles. The van der Waals surface area contributed by atoms with E-state index in [0.29, 0.717) is 13.1 Å². The molecule has 0 aliphatic carbocycles. The van der Waals surface area contributed by atoms with Crippen molar-refractivity contribution in [1.82, 2.24) is 14.9 Å². The second-order valence-corrected chi connectivity index (χ2v) is 4.34. The first-order valence-electron chi connectivity index (χ1n) is 5.95. The lowest BCUT2D eigenvalue weighted by Crippen LogP contribution is -2.18. The highest BCUT2D eigenvalue weighted by molar-refractivity contribution is 5.30. The summed E-state index contributed by atoms with van der Waals surface area (Å²) in [6.45, 7) is 1.38. The molecule has 1 heterocycles. The lowest BCUT2D eigenvalue weighted by Gasteiger charge is -2.16. The van der Waals surface area contributed by atoms with E-state index in [9.17, 15) is 4.39 Å². The Hall–Kier alpha value is -2.01. The van der Waals surface area contributed by atoms with E-state index in [1.54, 1.807) is 30.7 Å². The fraction of sp³-hybridized carbons (Fsp3) is 0.286. The lowest BCUT2D eigenvalue weighted by atomic mass is 10.2. The van der Waals surface area contributed by atoms with Crippen molar-refractivity contribution >= 4 is 0 Å². The fourth-order valence-electron chi connectivity index (χ4n) is 1.86. The molecule has 0 aliphatic heterocycles. The van der Waals surface area contributed by atoms with E-state index >= 15 is 0 Å². The van der Waals surface area contributed by atoms with Crippen LogP contribution in [-0.2, 0) is 13.1 Å². The summed E-state index contributed by atoms with van der Waals surface area (Å²) in [6, 6.07) is 4.89. The van der Waals surface area contributed by atoms with Gasteiger partial charge in [-0.1, -0.05) is 6.07 Å². The summed E-state index contributed by atoms with van der Waals surface area (Å²) in [6.07, 6.45) is 5.06. The highest BCUT2D eigenvalue weighted by atomic mass is 19.1. The van der Waals surface area contributed by atoms with Gasteiger partial charge in [0.25, 0.3) is 0 Å². The molecule has 0 radical (unpaired) electrons. The van der Waals surface area contributed by atoms with Crippen LogP contribution in [0.25, 0.3) is 0 Å². The van der Waals surface area contributed by atoms with E-state index in [4.69, 9.17) is 4.74 Å². The van der Waals surface area contributed by atoms with Gasteiger partial charge in [-0.3, -0.25) is 14.9 Å². The van der Waals surface area contributed by atoms with Crippen LogP contribution in [0.5, 0.6) is 5.75 Å². The zero-order valence-electron chi connectivity index (χ0n) is 11.0. The Morgan fingerprint density at radius 3 is 2.79 bits per heavy atom. The molecule has 0 bridgehead atoms. The van der Waals surface area contributed by atoms with Crippen LogP contribution in [0.1, 0.15) is 11.3 Å². The molecule has 0 amide bonds. The maximum Gasteiger partial charge on any atom is 0.165 e. The van der Waals surface area contributed by atoms with E-state index in [-0.39, 0.29) is 11.6 Å². The maximum atomic E-state index is 13.3. The van der Waals surface area contributed by atoms with Gasteiger partial charge >= 0.3 is 0 Å². The average molecular weight is 261 g/mol. The largest absolute Gasteiger partial charge is 0.494 e. The van der Waals surface area contributed by atoms with Crippen LogP contribution in [0, 0.1) is 5.82 Å². The van der Waals surface area contributed by atoms with Crippen LogP contribution in [0.15, 0.2) is 36.8 Å². The molecule has 2 rings (SSSR count). The van der Waals surface area contributed by atoms with E-state index in [1.165, 1.54) is 13.2 Å². The molecule has 0 aliphatic rings. The van der Waals surface area contributed by atoms with Crippen molar-refractivity contribution in [2.24, 2.45) is 0 Å². The normalized spacial score (nSPS) is 10.7. The Balaban J connectivity index is 2.01. The molecule has 0 N–H and O–H groups in total.